The zero-order chi connectivity index (χ0) is 19.8. The van der Waals surface area contributed by atoms with Gasteiger partial charge in [0.15, 0.2) is 5.11 Å². The van der Waals surface area contributed by atoms with Crippen LogP contribution in [-0.4, -0.2) is 23.5 Å². The highest BCUT2D eigenvalue weighted by molar-refractivity contribution is 7.80. The van der Waals surface area contributed by atoms with Gasteiger partial charge in [-0.3, -0.25) is 14.9 Å². The lowest BCUT2D eigenvalue weighted by Crippen LogP contribution is -2.34. The van der Waals surface area contributed by atoms with E-state index < -0.39 is 0 Å². The van der Waals surface area contributed by atoms with E-state index in [1.807, 2.05) is 26.0 Å². The number of rotatable bonds is 6. The summed E-state index contributed by atoms with van der Waals surface area (Å²) in [7, 11) is 0. The van der Waals surface area contributed by atoms with Crippen molar-refractivity contribution in [1.82, 2.24) is 5.32 Å². The fourth-order valence-corrected chi connectivity index (χ4v) is 2.49. The molecule has 142 valence electrons. The Morgan fingerprint density at radius 1 is 1.04 bits per heavy atom. The quantitative estimate of drug-likeness (QED) is 0.658. The monoisotopic (exact) mass is 385 g/mol. The van der Waals surface area contributed by atoms with E-state index in [0.29, 0.717) is 35.7 Å². The number of amides is 2. The molecule has 0 radical (unpaired) electrons. The summed E-state index contributed by atoms with van der Waals surface area (Å²) in [4.78, 5) is 23.9. The SMILES string of the molecule is CCOc1ccc(C(=O)NC(=S)Nc2ccc(C)c(NC(=O)CC)c2)cc1. The molecule has 2 amide bonds. The van der Waals surface area contributed by atoms with E-state index in [1.165, 1.54) is 0 Å². The Labute approximate surface area is 164 Å². The minimum atomic E-state index is -0.317. The van der Waals surface area contributed by atoms with Gasteiger partial charge in [-0.25, -0.2) is 0 Å². The number of hydrogen-bond donors (Lipinski definition) is 3. The fraction of sp³-hybridized carbons (Fsp3) is 0.250. The van der Waals surface area contributed by atoms with Crippen LogP contribution in [0.5, 0.6) is 5.75 Å². The number of thiocarbonyl (C=S) groups is 1. The van der Waals surface area contributed by atoms with Crippen molar-refractivity contribution in [2.45, 2.75) is 27.2 Å². The molecule has 0 spiro atoms. The summed E-state index contributed by atoms with van der Waals surface area (Å²) in [5.41, 5.74) is 2.78. The number of benzene rings is 2. The van der Waals surface area contributed by atoms with Crippen molar-refractivity contribution in [3.05, 3.63) is 53.6 Å². The Morgan fingerprint density at radius 2 is 1.74 bits per heavy atom. The van der Waals surface area contributed by atoms with Crippen LogP contribution in [0.4, 0.5) is 11.4 Å². The Hall–Kier alpha value is -2.93. The van der Waals surface area contributed by atoms with E-state index >= 15 is 0 Å². The van der Waals surface area contributed by atoms with Crippen molar-refractivity contribution < 1.29 is 14.3 Å². The first-order valence-electron chi connectivity index (χ1n) is 8.68. The van der Waals surface area contributed by atoms with Crippen LogP contribution in [0.15, 0.2) is 42.5 Å². The lowest BCUT2D eigenvalue weighted by atomic mass is 10.1. The van der Waals surface area contributed by atoms with E-state index in [0.717, 1.165) is 5.56 Å². The Morgan fingerprint density at radius 3 is 2.37 bits per heavy atom. The molecule has 0 aromatic heterocycles. The second-order valence-corrected chi connectivity index (χ2v) is 6.21. The van der Waals surface area contributed by atoms with Crippen LogP contribution in [0.1, 0.15) is 36.2 Å². The van der Waals surface area contributed by atoms with Gasteiger partial charge in [-0.05, 0) is 68.0 Å². The smallest absolute Gasteiger partial charge is 0.257 e. The molecule has 0 aliphatic rings. The molecule has 3 N–H and O–H groups in total. The molecule has 2 aromatic rings. The Bertz CT molecular complexity index is 835. The second-order valence-electron chi connectivity index (χ2n) is 5.80. The summed E-state index contributed by atoms with van der Waals surface area (Å²) < 4.78 is 5.36. The molecule has 0 saturated heterocycles. The van der Waals surface area contributed by atoms with Gasteiger partial charge in [-0.2, -0.15) is 0 Å². The molecular weight excluding hydrogens is 362 g/mol. The molecule has 0 atom stereocenters. The number of carbonyl (C=O) groups excluding carboxylic acids is 2. The molecule has 2 aromatic carbocycles. The maximum atomic E-state index is 12.3. The maximum Gasteiger partial charge on any atom is 0.257 e. The van der Waals surface area contributed by atoms with Crippen molar-refractivity contribution in [3.63, 3.8) is 0 Å². The van der Waals surface area contributed by atoms with Crippen molar-refractivity contribution in [1.29, 1.82) is 0 Å². The second kappa shape index (κ2) is 9.68. The summed E-state index contributed by atoms with van der Waals surface area (Å²) in [6.07, 6.45) is 0.396. The van der Waals surface area contributed by atoms with Gasteiger partial charge < -0.3 is 15.4 Å². The molecule has 6 nitrogen and oxygen atoms in total. The van der Waals surface area contributed by atoms with E-state index in [-0.39, 0.29) is 16.9 Å². The topological polar surface area (TPSA) is 79.5 Å². The van der Waals surface area contributed by atoms with Gasteiger partial charge >= 0.3 is 0 Å². The van der Waals surface area contributed by atoms with Crippen LogP contribution >= 0.6 is 12.2 Å². The van der Waals surface area contributed by atoms with Crippen LogP contribution in [-0.2, 0) is 4.79 Å². The lowest BCUT2D eigenvalue weighted by molar-refractivity contribution is -0.115. The van der Waals surface area contributed by atoms with E-state index in [4.69, 9.17) is 17.0 Å². The van der Waals surface area contributed by atoms with Gasteiger partial charge in [-0.1, -0.05) is 13.0 Å². The fourth-order valence-electron chi connectivity index (χ4n) is 2.28. The van der Waals surface area contributed by atoms with Crippen molar-refractivity contribution in [3.8, 4) is 5.75 Å². The highest BCUT2D eigenvalue weighted by atomic mass is 32.1. The first-order valence-corrected chi connectivity index (χ1v) is 9.09. The zero-order valence-electron chi connectivity index (χ0n) is 15.6. The normalized spacial score (nSPS) is 10.0. The van der Waals surface area contributed by atoms with Gasteiger partial charge in [0.25, 0.3) is 5.91 Å². The average Bonchev–Trinajstić information content (AvgIpc) is 2.65. The Kier molecular flexibility index (Phi) is 7.31. The first-order chi connectivity index (χ1) is 12.9. The third-order valence-electron chi connectivity index (χ3n) is 3.75. The summed E-state index contributed by atoms with van der Waals surface area (Å²) in [5.74, 6) is 0.319. The van der Waals surface area contributed by atoms with Crippen molar-refractivity contribution >= 4 is 40.5 Å². The molecule has 0 fully saturated rings. The molecule has 2 rings (SSSR count). The molecule has 7 heteroatoms. The van der Waals surface area contributed by atoms with Crippen LogP contribution < -0.4 is 20.7 Å². The molecule has 27 heavy (non-hydrogen) atoms. The van der Waals surface area contributed by atoms with Crippen LogP contribution in [0, 0.1) is 6.92 Å². The standard InChI is InChI=1S/C20H23N3O3S/c1-4-18(24)22-17-12-15(9-6-13(17)3)21-20(27)23-19(25)14-7-10-16(11-8-14)26-5-2/h6-12H,4-5H2,1-3H3,(H,22,24)(H2,21,23,25,27). The first kappa shape index (κ1) is 20.4. The summed E-state index contributed by atoms with van der Waals surface area (Å²) in [6.45, 7) is 6.16. The van der Waals surface area contributed by atoms with Gasteiger partial charge in [-0.15, -0.1) is 0 Å². The minimum Gasteiger partial charge on any atom is -0.494 e. The van der Waals surface area contributed by atoms with E-state index in [2.05, 4.69) is 16.0 Å². The summed E-state index contributed by atoms with van der Waals surface area (Å²) in [6, 6.07) is 12.3. The molecule has 0 aliphatic heterocycles. The van der Waals surface area contributed by atoms with E-state index in [9.17, 15) is 9.59 Å². The number of hydrogen-bond acceptors (Lipinski definition) is 4. The molecule has 0 unspecified atom stereocenters. The molecular formula is C20H23N3O3S. The highest BCUT2D eigenvalue weighted by Gasteiger charge is 2.09. The predicted octanol–water partition coefficient (Wildman–Crippen LogP) is 3.87. The van der Waals surface area contributed by atoms with Crippen molar-refractivity contribution in [2.24, 2.45) is 0 Å². The third kappa shape index (κ3) is 6.07. The number of aryl methyl sites for hydroxylation is 1. The number of nitrogens with one attached hydrogen (secondary N) is 3. The minimum absolute atomic E-state index is 0.0679. The van der Waals surface area contributed by atoms with Crippen molar-refractivity contribution in [2.75, 3.05) is 17.2 Å². The maximum absolute atomic E-state index is 12.3. The van der Waals surface area contributed by atoms with Crippen LogP contribution in [0.2, 0.25) is 0 Å². The molecule has 0 aliphatic carbocycles. The number of anilines is 2. The third-order valence-corrected chi connectivity index (χ3v) is 3.95. The number of carbonyl (C=O) groups is 2. The number of ether oxygens (including phenoxy) is 1. The largest absolute Gasteiger partial charge is 0.494 e. The summed E-state index contributed by atoms with van der Waals surface area (Å²) in [5, 5.41) is 8.60. The molecule has 0 saturated carbocycles. The van der Waals surface area contributed by atoms with Gasteiger partial charge in [0.1, 0.15) is 5.75 Å². The van der Waals surface area contributed by atoms with Crippen LogP contribution in [0.25, 0.3) is 0 Å². The van der Waals surface area contributed by atoms with Gasteiger partial charge in [0.05, 0.1) is 6.61 Å². The molecule has 0 bridgehead atoms. The highest BCUT2D eigenvalue weighted by Crippen LogP contribution is 2.20. The lowest BCUT2D eigenvalue weighted by Gasteiger charge is -2.13. The predicted molar refractivity (Wildman–Crippen MR) is 111 cm³/mol. The zero-order valence-corrected chi connectivity index (χ0v) is 16.4. The van der Waals surface area contributed by atoms with Gasteiger partial charge in [0, 0.05) is 23.4 Å². The van der Waals surface area contributed by atoms with Gasteiger partial charge in [0.2, 0.25) is 5.91 Å². The molecule has 0 heterocycles. The summed E-state index contributed by atoms with van der Waals surface area (Å²) >= 11 is 5.21. The van der Waals surface area contributed by atoms with Crippen LogP contribution in [0.3, 0.4) is 0 Å². The Balaban J connectivity index is 1.99. The average molecular weight is 385 g/mol. The van der Waals surface area contributed by atoms with E-state index in [1.54, 1.807) is 37.3 Å².